The lowest BCUT2D eigenvalue weighted by molar-refractivity contribution is -0.130. The van der Waals surface area contributed by atoms with Gasteiger partial charge in [-0.1, -0.05) is 66.7 Å². The number of hydrogen-bond donors (Lipinski definition) is 1. The van der Waals surface area contributed by atoms with E-state index >= 15 is 0 Å². The Hall–Kier alpha value is -3.93. The molecule has 31 heavy (non-hydrogen) atoms. The molecule has 6 heteroatoms. The van der Waals surface area contributed by atoms with Gasteiger partial charge in [-0.15, -0.1) is 0 Å². The zero-order valence-electron chi connectivity index (χ0n) is 17.2. The Bertz CT molecular complexity index is 1320. The lowest BCUT2D eigenvalue weighted by Crippen LogP contribution is -2.33. The van der Waals surface area contributed by atoms with Gasteiger partial charge in [-0.25, -0.2) is 4.79 Å². The number of aromatic nitrogens is 2. The summed E-state index contributed by atoms with van der Waals surface area (Å²) in [4.78, 5) is 40.9. The Balaban J connectivity index is 1.42. The van der Waals surface area contributed by atoms with Gasteiger partial charge in [0.2, 0.25) is 5.91 Å². The van der Waals surface area contributed by atoms with Gasteiger partial charge >= 0.3 is 5.69 Å². The van der Waals surface area contributed by atoms with Crippen LogP contribution in [0.3, 0.4) is 0 Å². The highest BCUT2D eigenvalue weighted by Gasteiger charge is 2.12. The van der Waals surface area contributed by atoms with E-state index in [1.54, 1.807) is 36.2 Å². The van der Waals surface area contributed by atoms with Crippen LogP contribution in [0.25, 0.3) is 22.0 Å². The van der Waals surface area contributed by atoms with Crippen LogP contribution >= 0.6 is 0 Å². The van der Waals surface area contributed by atoms with E-state index in [4.69, 9.17) is 0 Å². The molecule has 0 fully saturated rings. The second-order valence-electron chi connectivity index (χ2n) is 7.49. The van der Waals surface area contributed by atoms with E-state index in [2.05, 4.69) is 29.2 Å². The summed E-state index contributed by atoms with van der Waals surface area (Å²) in [5, 5.41) is 0.432. The molecule has 1 amide bonds. The number of aryl methyl sites for hydroxylation is 1. The molecule has 3 aromatic carbocycles. The standard InChI is InChI=1S/C25H23N3O3/c1-27(17-18-11-13-20(14-12-18)19-7-3-2-4-8-19)23(29)15-16-28-22-10-6-5-9-21(22)24(30)26-25(28)31/h2-14H,15-17H2,1H3,(H,26,30,31). The molecule has 0 aliphatic carbocycles. The van der Waals surface area contributed by atoms with Gasteiger partial charge in [0, 0.05) is 26.6 Å². The number of carbonyl (C=O) groups is 1. The summed E-state index contributed by atoms with van der Waals surface area (Å²) in [7, 11) is 1.75. The summed E-state index contributed by atoms with van der Waals surface area (Å²) in [6.07, 6.45) is 0.161. The molecule has 0 atom stereocenters. The van der Waals surface area contributed by atoms with Crippen molar-refractivity contribution in [3.8, 4) is 11.1 Å². The largest absolute Gasteiger partial charge is 0.341 e. The zero-order valence-corrected chi connectivity index (χ0v) is 17.2. The van der Waals surface area contributed by atoms with Crippen molar-refractivity contribution in [1.82, 2.24) is 14.5 Å². The third kappa shape index (κ3) is 4.48. The molecule has 1 heterocycles. The van der Waals surface area contributed by atoms with E-state index in [1.807, 2.05) is 30.3 Å². The summed E-state index contributed by atoms with van der Waals surface area (Å²) < 4.78 is 1.44. The topological polar surface area (TPSA) is 75.2 Å². The fraction of sp³-hybridized carbons (Fsp3) is 0.160. The van der Waals surface area contributed by atoms with Gasteiger partial charge in [0.25, 0.3) is 5.56 Å². The minimum Gasteiger partial charge on any atom is -0.341 e. The molecule has 0 saturated carbocycles. The van der Waals surface area contributed by atoms with Crippen LogP contribution in [0.2, 0.25) is 0 Å². The van der Waals surface area contributed by atoms with E-state index in [0.29, 0.717) is 17.4 Å². The number of amides is 1. The van der Waals surface area contributed by atoms with Gasteiger partial charge in [0.1, 0.15) is 0 Å². The monoisotopic (exact) mass is 413 g/mol. The normalized spacial score (nSPS) is 10.9. The second kappa shape index (κ2) is 8.83. The number of H-pyrrole nitrogens is 1. The predicted molar refractivity (Wildman–Crippen MR) is 122 cm³/mol. The minimum absolute atomic E-state index is 0.0747. The molecule has 0 bridgehead atoms. The van der Waals surface area contributed by atoms with Gasteiger partial charge in [0.05, 0.1) is 10.9 Å². The van der Waals surface area contributed by atoms with E-state index in [-0.39, 0.29) is 18.9 Å². The highest BCUT2D eigenvalue weighted by molar-refractivity contribution is 5.79. The van der Waals surface area contributed by atoms with Crippen LogP contribution in [0.5, 0.6) is 0 Å². The number of aromatic amines is 1. The number of fused-ring (bicyclic) bond motifs is 1. The Morgan fingerprint density at radius 1 is 0.871 bits per heavy atom. The van der Waals surface area contributed by atoms with E-state index < -0.39 is 11.2 Å². The maximum Gasteiger partial charge on any atom is 0.328 e. The molecule has 0 aliphatic rings. The van der Waals surface area contributed by atoms with Crippen molar-refractivity contribution in [2.24, 2.45) is 0 Å². The first kappa shape index (κ1) is 20.3. The Labute approximate surface area is 179 Å². The van der Waals surface area contributed by atoms with Gasteiger partial charge in [-0.2, -0.15) is 0 Å². The van der Waals surface area contributed by atoms with Gasteiger partial charge in [-0.3, -0.25) is 19.1 Å². The highest BCUT2D eigenvalue weighted by atomic mass is 16.2. The molecular weight excluding hydrogens is 390 g/mol. The van der Waals surface area contributed by atoms with Gasteiger partial charge < -0.3 is 4.90 Å². The number of carbonyl (C=O) groups excluding carboxylic acids is 1. The average molecular weight is 413 g/mol. The third-order valence-corrected chi connectivity index (χ3v) is 5.36. The molecule has 1 N–H and O–H groups in total. The fourth-order valence-electron chi connectivity index (χ4n) is 3.66. The summed E-state index contributed by atoms with van der Waals surface area (Å²) in [5.74, 6) is -0.0747. The third-order valence-electron chi connectivity index (χ3n) is 5.36. The van der Waals surface area contributed by atoms with Crippen molar-refractivity contribution < 1.29 is 4.79 Å². The molecule has 6 nitrogen and oxygen atoms in total. The van der Waals surface area contributed by atoms with Crippen molar-refractivity contribution in [3.63, 3.8) is 0 Å². The minimum atomic E-state index is -0.504. The lowest BCUT2D eigenvalue weighted by atomic mass is 10.0. The van der Waals surface area contributed by atoms with Crippen LogP contribution in [0.1, 0.15) is 12.0 Å². The van der Waals surface area contributed by atoms with Crippen LogP contribution in [0.4, 0.5) is 0 Å². The first-order valence-electron chi connectivity index (χ1n) is 10.1. The van der Waals surface area contributed by atoms with Crippen molar-refractivity contribution in [2.75, 3.05) is 7.05 Å². The Kier molecular flexibility index (Phi) is 5.80. The number of nitrogens with zero attached hydrogens (tertiary/aromatic N) is 2. The Morgan fingerprint density at radius 2 is 1.52 bits per heavy atom. The first-order chi connectivity index (χ1) is 15.0. The number of hydrogen-bond acceptors (Lipinski definition) is 3. The number of nitrogens with one attached hydrogen (secondary N) is 1. The van der Waals surface area contributed by atoms with Crippen LogP contribution in [-0.4, -0.2) is 27.4 Å². The second-order valence-corrected chi connectivity index (χ2v) is 7.49. The van der Waals surface area contributed by atoms with Crippen LogP contribution < -0.4 is 11.2 Å². The van der Waals surface area contributed by atoms with Crippen molar-refractivity contribution in [2.45, 2.75) is 19.5 Å². The molecule has 4 aromatic rings. The first-order valence-corrected chi connectivity index (χ1v) is 10.1. The maximum absolute atomic E-state index is 12.7. The molecule has 156 valence electrons. The molecule has 0 saturated heterocycles. The maximum atomic E-state index is 12.7. The summed E-state index contributed by atoms with van der Waals surface area (Å²) in [6.45, 7) is 0.682. The quantitative estimate of drug-likeness (QED) is 0.526. The van der Waals surface area contributed by atoms with Crippen molar-refractivity contribution >= 4 is 16.8 Å². The summed E-state index contributed by atoms with van der Waals surface area (Å²) in [5.41, 5.74) is 2.92. The fourth-order valence-corrected chi connectivity index (χ4v) is 3.66. The Morgan fingerprint density at radius 3 is 2.26 bits per heavy atom. The van der Waals surface area contributed by atoms with Crippen molar-refractivity contribution in [1.29, 1.82) is 0 Å². The van der Waals surface area contributed by atoms with E-state index in [0.717, 1.165) is 16.7 Å². The SMILES string of the molecule is CN(Cc1ccc(-c2ccccc2)cc1)C(=O)CCn1c(=O)[nH]c(=O)c2ccccc21. The van der Waals surface area contributed by atoms with E-state index in [9.17, 15) is 14.4 Å². The van der Waals surface area contributed by atoms with Gasteiger partial charge in [-0.05, 0) is 28.8 Å². The molecule has 0 spiro atoms. The van der Waals surface area contributed by atoms with Crippen LogP contribution in [0.15, 0.2) is 88.5 Å². The highest BCUT2D eigenvalue weighted by Crippen LogP contribution is 2.19. The van der Waals surface area contributed by atoms with Crippen LogP contribution in [-0.2, 0) is 17.9 Å². The molecule has 1 aromatic heterocycles. The number of rotatable bonds is 6. The molecular formula is C25H23N3O3. The predicted octanol–water partition coefficient (Wildman–Crippen LogP) is 3.41. The summed E-state index contributed by atoms with van der Waals surface area (Å²) >= 11 is 0. The van der Waals surface area contributed by atoms with Crippen LogP contribution in [0, 0.1) is 0 Å². The molecule has 4 rings (SSSR count). The average Bonchev–Trinajstić information content (AvgIpc) is 2.80. The molecule has 0 unspecified atom stereocenters. The lowest BCUT2D eigenvalue weighted by Gasteiger charge is -2.18. The number of benzene rings is 3. The zero-order chi connectivity index (χ0) is 21.8. The van der Waals surface area contributed by atoms with E-state index in [1.165, 1.54) is 4.57 Å². The number of para-hydroxylation sites is 1. The molecule has 0 aliphatic heterocycles. The smallest absolute Gasteiger partial charge is 0.328 e. The summed E-state index contributed by atoms with van der Waals surface area (Å²) in [6, 6.07) is 25.2. The van der Waals surface area contributed by atoms with Gasteiger partial charge in [0.15, 0.2) is 0 Å². The van der Waals surface area contributed by atoms with Crippen molar-refractivity contribution in [3.05, 3.63) is 105 Å². The molecule has 0 radical (unpaired) electrons.